The second-order valence-corrected chi connectivity index (χ2v) is 10.5. The molecule has 0 radical (unpaired) electrons. The summed E-state index contributed by atoms with van der Waals surface area (Å²) in [4.78, 5) is 13.5. The topological polar surface area (TPSA) is 69.0 Å². The van der Waals surface area contributed by atoms with Crippen LogP contribution < -0.4 is 5.56 Å². The van der Waals surface area contributed by atoms with Gasteiger partial charge in [-0.15, -0.1) is 0 Å². The van der Waals surface area contributed by atoms with E-state index >= 15 is 0 Å². The molecule has 0 fully saturated rings. The summed E-state index contributed by atoms with van der Waals surface area (Å²) in [6.07, 6.45) is 2.76. The Labute approximate surface area is 179 Å². The number of rotatable bonds is 7. The number of hydrogen-bond acceptors (Lipinski definition) is 5. The van der Waals surface area contributed by atoms with Gasteiger partial charge in [-0.3, -0.25) is 4.79 Å². The van der Waals surface area contributed by atoms with Crippen molar-refractivity contribution in [2.45, 2.75) is 24.5 Å². The molecule has 0 atom stereocenters. The zero-order chi connectivity index (χ0) is 21.9. The Kier molecular flexibility index (Phi) is 6.77. The lowest BCUT2D eigenvalue weighted by Crippen LogP contribution is -2.25. The average Bonchev–Trinajstić information content (AvgIpc) is 2.69. The molecule has 0 saturated heterocycles. The fraction of sp³-hybridized carbons (Fsp3) is 0.273. The predicted octanol–water partition coefficient (Wildman–Crippen LogP) is 4.33. The van der Waals surface area contributed by atoms with Gasteiger partial charge in [-0.1, -0.05) is 26.0 Å². The molecule has 0 spiro atoms. The first kappa shape index (κ1) is 22.2. The number of halogens is 1. The second kappa shape index (κ2) is 9.14. The first-order valence-electron chi connectivity index (χ1n) is 9.42. The lowest BCUT2D eigenvalue weighted by Gasteiger charge is -2.13. The minimum atomic E-state index is -3.31. The molecule has 30 heavy (non-hydrogen) atoms. The van der Waals surface area contributed by atoms with E-state index in [1.54, 1.807) is 30.1 Å². The summed E-state index contributed by atoms with van der Waals surface area (Å²) in [7, 11) is -3.31. The van der Waals surface area contributed by atoms with Crippen LogP contribution >= 0.6 is 11.8 Å². The van der Waals surface area contributed by atoms with E-state index in [2.05, 4.69) is 18.9 Å². The Morgan fingerprint density at radius 3 is 2.27 bits per heavy atom. The van der Waals surface area contributed by atoms with Crippen LogP contribution in [0.5, 0.6) is 0 Å². The van der Waals surface area contributed by atoms with Crippen LogP contribution in [0.3, 0.4) is 0 Å². The minimum Gasteiger partial charge on any atom is -0.267 e. The zero-order valence-corrected chi connectivity index (χ0v) is 18.6. The maximum absolute atomic E-state index is 13.3. The van der Waals surface area contributed by atoms with E-state index in [0.717, 1.165) is 17.6 Å². The smallest absolute Gasteiger partial charge is 0.267 e. The van der Waals surface area contributed by atoms with E-state index in [4.69, 9.17) is 0 Å². The molecule has 0 aliphatic rings. The Morgan fingerprint density at radius 1 is 1.07 bits per heavy atom. The van der Waals surface area contributed by atoms with Gasteiger partial charge in [0.1, 0.15) is 5.82 Å². The normalized spacial score (nSPS) is 11.8. The molecule has 2 aromatic carbocycles. The first-order valence-corrected chi connectivity index (χ1v) is 12.5. The minimum absolute atomic E-state index is 0.217. The molecule has 158 valence electrons. The number of hydrogen-bond donors (Lipinski definition) is 0. The second-order valence-electron chi connectivity index (χ2n) is 7.44. The Morgan fingerprint density at radius 2 is 1.70 bits per heavy atom. The molecule has 3 aromatic rings. The summed E-state index contributed by atoms with van der Waals surface area (Å²) in [5, 5.41) is 4.28. The molecule has 3 rings (SSSR count). The van der Waals surface area contributed by atoms with Crippen molar-refractivity contribution in [2.75, 3.05) is 12.0 Å². The largest absolute Gasteiger partial charge is 0.276 e. The van der Waals surface area contributed by atoms with Crippen molar-refractivity contribution >= 4 is 21.6 Å². The third kappa shape index (κ3) is 5.17. The van der Waals surface area contributed by atoms with Crippen molar-refractivity contribution in [3.63, 3.8) is 0 Å². The van der Waals surface area contributed by atoms with Gasteiger partial charge in [0.25, 0.3) is 5.56 Å². The Balaban J connectivity index is 2.08. The van der Waals surface area contributed by atoms with Crippen molar-refractivity contribution in [3.8, 4) is 16.8 Å². The van der Waals surface area contributed by atoms with E-state index in [-0.39, 0.29) is 16.3 Å². The number of benzene rings is 2. The standard InChI is InChI=1S/C22H23FN2O3S2/c1-15(2)13-29-14-21-20(16-4-10-19(11-5-16)30(3,27)28)12-24-25(22(21)26)18-8-6-17(23)7-9-18/h4-12,15H,13-14H2,1-3H3. The number of sulfone groups is 1. The molecule has 0 amide bonds. The molecular weight excluding hydrogens is 423 g/mol. The van der Waals surface area contributed by atoms with Crippen LogP contribution in [-0.2, 0) is 15.6 Å². The van der Waals surface area contributed by atoms with Crippen LogP contribution in [0.15, 0.2) is 64.4 Å². The molecule has 0 bridgehead atoms. The van der Waals surface area contributed by atoms with Gasteiger partial charge < -0.3 is 0 Å². The van der Waals surface area contributed by atoms with Gasteiger partial charge in [0.2, 0.25) is 0 Å². The lowest BCUT2D eigenvalue weighted by molar-refractivity contribution is 0.602. The predicted molar refractivity (Wildman–Crippen MR) is 119 cm³/mol. The molecule has 1 aromatic heterocycles. The highest BCUT2D eigenvalue weighted by molar-refractivity contribution is 7.98. The quantitative estimate of drug-likeness (QED) is 0.540. The molecule has 8 heteroatoms. The molecular formula is C22H23FN2O3S2. The third-order valence-corrected chi connectivity index (χ3v) is 6.96. The summed E-state index contributed by atoms with van der Waals surface area (Å²) in [6.45, 7) is 4.22. The number of aromatic nitrogens is 2. The van der Waals surface area contributed by atoms with E-state index in [1.807, 2.05) is 0 Å². The van der Waals surface area contributed by atoms with Gasteiger partial charge in [0, 0.05) is 23.1 Å². The lowest BCUT2D eigenvalue weighted by atomic mass is 10.0. The molecule has 0 N–H and O–H groups in total. The Bertz CT molecular complexity index is 1190. The van der Waals surface area contributed by atoms with Gasteiger partial charge in [0.05, 0.1) is 16.8 Å². The van der Waals surface area contributed by atoms with Gasteiger partial charge in [-0.25, -0.2) is 12.8 Å². The Hall–Kier alpha value is -2.45. The van der Waals surface area contributed by atoms with Crippen molar-refractivity contribution < 1.29 is 12.8 Å². The molecule has 0 aliphatic heterocycles. The molecule has 0 unspecified atom stereocenters. The zero-order valence-electron chi connectivity index (χ0n) is 17.0. The van der Waals surface area contributed by atoms with Gasteiger partial charge in [0.15, 0.2) is 9.84 Å². The fourth-order valence-corrected chi connectivity index (χ4v) is 4.62. The highest BCUT2D eigenvalue weighted by atomic mass is 32.2. The first-order chi connectivity index (χ1) is 14.2. The van der Waals surface area contributed by atoms with Gasteiger partial charge in [-0.05, 0) is 53.6 Å². The monoisotopic (exact) mass is 446 g/mol. The van der Waals surface area contributed by atoms with Gasteiger partial charge in [-0.2, -0.15) is 21.5 Å². The van der Waals surface area contributed by atoms with Crippen LogP contribution in [0.2, 0.25) is 0 Å². The number of nitrogens with zero attached hydrogens (tertiary/aromatic N) is 2. The summed E-state index contributed by atoms with van der Waals surface area (Å²) >= 11 is 1.65. The van der Waals surface area contributed by atoms with Crippen LogP contribution in [0.4, 0.5) is 4.39 Å². The van der Waals surface area contributed by atoms with Crippen molar-refractivity contribution in [2.24, 2.45) is 5.92 Å². The van der Waals surface area contributed by atoms with Gasteiger partial charge >= 0.3 is 0 Å². The van der Waals surface area contributed by atoms with Crippen LogP contribution in [-0.4, -0.2) is 30.2 Å². The van der Waals surface area contributed by atoms with Crippen LogP contribution in [0, 0.1) is 11.7 Å². The summed E-state index contributed by atoms with van der Waals surface area (Å²) in [6, 6.07) is 12.0. The third-order valence-electron chi connectivity index (χ3n) is 4.44. The summed E-state index contributed by atoms with van der Waals surface area (Å²) < 4.78 is 38.0. The summed E-state index contributed by atoms with van der Waals surface area (Å²) in [5.41, 5.74) is 2.16. The number of thioether (sulfide) groups is 1. The molecule has 0 saturated carbocycles. The van der Waals surface area contributed by atoms with E-state index in [0.29, 0.717) is 28.5 Å². The van der Waals surface area contributed by atoms with Crippen LogP contribution in [0.1, 0.15) is 19.4 Å². The van der Waals surface area contributed by atoms with Crippen molar-refractivity contribution in [1.82, 2.24) is 9.78 Å². The highest BCUT2D eigenvalue weighted by Crippen LogP contribution is 2.26. The average molecular weight is 447 g/mol. The fourth-order valence-electron chi connectivity index (χ4n) is 2.92. The maximum Gasteiger partial charge on any atom is 0.276 e. The van der Waals surface area contributed by atoms with E-state index in [1.165, 1.54) is 41.1 Å². The van der Waals surface area contributed by atoms with E-state index < -0.39 is 9.84 Å². The highest BCUT2D eigenvalue weighted by Gasteiger charge is 2.16. The van der Waals surface area contributed by atoms with E-state index in [9.17, 15) is 17.6 Å². The maximum atomic E-state index is 13.3. The SMILES string of the molecule is CC(C)CSCc1c(-c2ccc(S(C)(=O)=O)cc2)cnn(-c2ccc(F)cc2)c1=O. The molecule has 5 nitrogen and oxygen atoms in total. The van der Waals surface area contributed by atoms with Crippen molar-refractivity contribution in [3.05, 3.63) is 76.5 Å². The van der Waals surface area contributed by atoms with Crippen molar-refractivity contribution in [1.29, 1.82) is 0 Å². The summed E-state index contributed by atoms with van der Waals surface area (Å²) in [5.74, 6) is 1.48. The van der Waals surface area contributed by atoms with Crippen LogP contribution in [0.25, 0.3) is 16.8 Å². The molecule has 0 aliphatic carbocycles. The molecule has 1 heterocycles.